The third-order valence-electron chi connectivity index (χ3n) is 2.87. The molecule has 1 atom stereocenters. The Balaban J connectivity index is 2.63. The minimum Gasteiger partial charge on any atom is -0.208 e. The van der Waals surface area contributed by atoms with Gasteiger partial charge < -0.3 is 0 Å². The summed E-state index contributed by atoms with van der Waals surface area (Å²) < 4.78 is 27.1. The minimum absolute atomic E-state index is 0.0541. The number of rotatable bonds is 9. The number of alkyl halides is 1. The first-order valence-corrected chi connectivity index (χ1v) is 9.91. The lowest BCUT2D eigenvalue weighted by Gasteiger charge is -2.14. The molecule has 1 unspecified atom stereocenters. The Kier molecular flexibility index (Phi) is 7.95. The van der Waals surface area contributed by atoms with Crippen LogP contribution < -0.4 is 4.72 Å². The molecule has 1 N–H and O–H groups in total. The number of thioether (sulfide) groups is 1. The van der Waals surface area contributed by atoms with Crippen LogP contribution in [-0.4, -0.2) is 31.8 Å². The lowest BCUT2D eigenvalue weighted by atomic mass is 10.2. The first kappa shape index (κ1) is 17.8. The van der Waals surface area contributed by atoms with Crippen LogP contribution in [0.4, 0.5) is 0 Å². The van der Waals surface area contributed by atoms with Crippen LogP contribution in [0, 0.1) is 0 Å². The number of hydrogen-bond acceptors (Lipinski definition) is 3. The molecule has 1 rings (SSSR count). The molecule has 0 spiro atoms. The molecule has 0 aromatic heterocycles. The summed E-state index contributed by atoms with van der Waals surface area (Å²) in [6.07, 6.45) is 1.59. The van der Waals surface area contributed by atoms with Crippen LogP contribution in [-0.2, 0) is 16.4 Å². The van der Waals surface area contributed by atoms with Crippen molar-refractivity contribution in [1.29, 1.82) is 0 Å². The first-order valence-electron chi connectivity index (χ1n) is 6.74. The highest BCUT2D eigenvalue weighted by Crippen LogP contribution is 2.13. The van der Waals surface area contributed by atoms with Crippen LogP contribution in [0.2, 0.25) is 0 Å². The van der Waals surface area contributed by atoms with E-state index in [1.54, 1.807) is 12.1 Å². The lowest BCUT2D eigenvalue weighted by Crippen LogP contribution is -2.33. The Hall–Kier alpha value is -0.230. The molecule has 0 bridgehead atoms. The largest absolute Gasteiger partial charge is 0.240 e. The van der Waals surface area contributed by atoms with Crippen LogP contribution in [0.25, 0.3) is 0 Å². The topological polar surface area (TPSA) is 46.2 Å². The van der Waals surface area contributed by atoms with Gasteiger partial charge in [-0.3, -0.25) is 0 Å². The molecular weight excluding hydrogens is 314 g/mol. The van der Waals surface area contributed by atoms with E-state index in [0.717, 1.165) is 29.9 Å². The molecule has 114 valence electrons. The van der Waals surface area contributed by atoms with E-state index in [9.17, 15) is 8.42 Å². The second-order valence-electron chi connectivity index (χ2n) is 4.59. The van der Waals surface area contributed by atoms with Crippen LogP contribution in [0.15, 0.2) is 29.2 Å². The Morgan fingerprint density at radius 3 is 2.50 bits per heavy atom. The summed E-state index contributed by atoms with van der Waals surface area (Å²) >= 11 is 7.48. The zero-order valence-corrected chi connectivity index (χ0v) is 14.3. The van der Waals surface area contributed by atoms with E-state index in [1.165, 1.54) is 0 Å². The minimum atomic E-state index is -3.42. The molecule has 0 radical (unpaired) electrons. The van der Waals surface area contributed by atoms with Crippen LogP contribution >= 0.6 is 23.4 Å². The van der Waals surface area contributed by atoms with Gasteiger partial charge in [0.25, 0.3) is 0 Å². The molecule has 0 saturated heterocycles. The van der Waals surface area contributed by atoms with E-state index in [-0.39, 0.29) is 6.04 Å². The molecule has 0 aliphatic carbocycles. The van der Waals surface area contributed by atoms with Gasteiger partial charge in [-0.2, -0.15) is 11.8 Å². The van der Waals surface area contributed by atoms with Crippen LogP contribution in [0.5, 0.6) is 0 Å². The number of halogens is 1. The van der Waals surface area contributed by atoms with E-state index in [0.29, 0.717) is 10.8 Å². The number of nitrogens with one attached hydrogen (secondary N) is 1. The molecule has 1 aromatic carbocycles. The summed E-state index contributed by atoms with van der Waals surface area (Å²) in [6.45, 7) is 4.00. The predicted molar refractivity (Wildman–Crippen MR) is 88.3 cm³/mol. The molecule has 3 nitrogen and oxygen atoms in total. The summed E-state index contributed by atoms with van der Waals surface area (Å²) in [7, 11) is -3.42. The highest BCUT2D eigenvalue weighted by Gasteiger charge is 2.16. The average molecular weight is 336 g/mol. The fourth-order valence-electron chi connectivity index (χ4n) is 1.74. The maximum absolute atomic E-state index is 12.2. The summed E-state index contributed by atoms with van der Waals surface area (Å²) in [5.74, 6) is 2.56. The van der Waals surface area contributed by atoms with Gasteiger partial charge in [0, 0.05) is 11.9 Å². The zero-order valence-electron chi connectivity index (χ0n) is 11.9. The standard InChI is InChI=1S/C14H22ClNO2S2/c1-3-19-11-9-12(2)16-20(17,18)14-6-4-13(5-7-14)8-10-15/h4-7,12,16H,3,8-11H2,1-2H3. The summed E-state index contributed by atoms with van der Waals surface area (Å²) in [5, 5.41) is 0. The van der Waals surface area contributed by atoms with Crippen molar-refractivity contribution in [3.05, 3.63) is 29.8 Å². The molecule has 0 aliphatic rings. The van der Waals surface area contributed by atoms with Crippen molar-refractivity contribution in [1.82, 2.24) is 4.72 Å². The molecule has 20 heavy (non-hydrogen) atoms. The SMILES string of the molecule is CCSCCC(C)NS(=O)(=O)c1ccc(CCCl)cc1. The van der Waals surface area contributed by atoms with Gasteiger partial charge in [0.2, 0.25) is 10.0 Å². The van der Waals surface area contributed by atoms with Crippen molar-refractivity contribution in [2.75, 3.05) is 17.4 Å². The molecular formula is C14H22ClNO2S2. The van der Waals surface area contributed by atoms with Crippen molar-refractivity contribution in [3.8, 4) is 0 Å². The van der Waals surface area contributed by atoms with Gasteiger partial charge in [0.1, 0.15) is 0 Å². The number of sulfonamides is 1. The summed E-state index contributed by atoms with van der Waals surface area (Å²) in [5.41, 5.74) is 1.05. The van der Waals surface area contributed by atoms with Crippen molar-refractivity contribution in [3.63, 3.8) is 0 Å². The smallest absolute Gasteiger partial charge is 0.208 e. The third kappa shape index (κ3) is 6.04. The van der Waals surface area contributed by atoms with Gasteiger partial charge in [-0.25, -0.2) is 13.1 Å². The summed E-state index contributed by atoms with van der Waals surface area (Å²) in [6, 6.07) is 6.85. The van der Waals surface area contributed by atoms with E-state index >= 15 is 0 Å². The zero-order chi connectivity index (χ0) is 15.0. The Labute approximate surface area is 131 Å². The van der Waals surface area contributed by atoms with Crippen molar-refractivity contribution in [2.24, 2.45) is 0 Å². The lowest BCUT2D eigenvalue weighted by molar-refractivity contribution is 0.557. The Bertz CT molecular complexity index is 488. The monoisotopic (exact) mass is 335 g/mol. The number of benzene rings is 1. The van der Waals surface area contributed by atoms with Gasteiger partial charge in [0.05, 0.1) is 4.90 Å². The molecule has 0 saturated carbocycles. The average Bonchev–Trinajstić information content (AvgIpc) is 2.39. The van der Waals surface area contributed by atoms with Gasteiger partial charge in [-0.05, 0) is 49.0 Å². The van der Waals surface area contributed by atoms with Crippen LogP contribution in [0.3, 0.4) is 0 Å². The van der Waals surface area contributed by atoms with E-state index in [2.05, 4.69) is 11.6 Å². The third-order valence-corrected chi connectivity index (χ3v) is 5.60. The van der Waals surface area contributed by atoms with Crippen molar-refractivity contribution in [2.45, 2.75) is 37.6 Å². The molecule has 0 fully saturated rings. The molecule has 6 heteroatoms. The maximum atomic E-state index is 12.2. The highest BCUT2D eigenvalue weighted by atomic mass is 35.5. The fourth-order valence-corrected chi connectivity index (χ4v) is 4.05. The molecule has 0 amide bonds. The molecule has 0 aliphatic heterocycles. The normalized spacial score (nSPS) is 13.3. The maximum Gasteiger partial charge on any atom is 0.240 e. The molecule has 0 heterocycles. The Morgan fingerprint density at radius 1 is 1.30 bits per heavy atom. The van der Waals surface area contributed by atoms with Gasteiger partial charge in [-0.15, -0.1) is 11.6 Å². The van der Waals surface area contributed by atoms with Crippen LogP contribution in [0.1, 0.15) is 25.8 Å². The van der Waals surface area contributed by atoms with Crippen molar-refractivity contribution < 1.29 is 8.42 Å². The van der Waals surface area contributed by atoms with E-state index in [4.69, 9.17) is 11.6 Å². The van der Waals surface area contributed by atoms with Gasteiger partial charge >= 0.3 is 0 Å². The predicted octanol–water partition coefficient (Wildman–Crippen LogP) is 3.28. The molecule has 1 aromatic rings. The quantitative estimate of drug-likeness (QED) is 0.556. The first-order chi connectivity index (χ1) is 9.49. The second kappa shape index (κ2) is 8.93. The number of aryl methyl sites for hydroxylation is 1. The highest BCUT2D eigenvalue weighted by molar-refractivity contribution is 7.99. The Morgan fingerprint density at radius 2 is 1.95 bits per heavy atom. The summed E-state index contributed by atoms with van der Waals surface area (Å²) in [4.78, 5) is 0.311. The number of hydrogen-bond donors (Lipinski definition) is 1. The van der Waals surface area contributed by atoms with Crippen molar-refractivity contribution >= 4 is 33.4 Å². The van der Waals surface area contributed by atoms with E-state index < -0.39 is 10.0 Å². The van der Waals surface area contributed by atoms with Gasteiger partial charge in [0.15, 0.2) is 0 Å². The fraction of sp³-hybridized carbons (Fsp3) is 0.571. The van der Waals surface area contributed by atoms with E-state index in [1.807, 2.05) is 30.8 Å². The second-order valence-corrected chi connectivity index (χ2v) is 8.08. The van der Waals surface area contributed by atoms with Gasteiger partial charge in [-0.1, -0.05) is 19.1 Å².